The van der Waals surface area contributed by atoms with Gasteiger partial charge in [0, 0.05) is 0 Å². The summed E-state index contributed by atoms with van der Waals surface area (Å²) in [7, 11) is 0. The summed E-state index contributed by atoms with van der Waals surface area (Å²) in [5.41, 5.74) is 0. The molecule has 7 nitrogen and oxygen atoms in total. The van der Waals surface area contributed by atoms with Crippen LogP contribution in [0.15, 0.2) is 0 Å². The summed E-state index contributed by atoms with van der Waals surface area (Å²) >= 11 is -0.0833. The molecule has 0 atom stereocenters. The van der Waals surface area contributed by atoms with E-state index < -0.39 is 0 Å². The zero-order valence-corrected chi connectivity index (χ0v) is 7.69. The fraction of sp³-hybridized carbons (Fsp3) is 0. The molecule has 0 saturated heterocycles. The molecule has 0 amide bonds. The molecule has 0 aliphatic heterocycles. The first-order valence-corrected chi connectivity index (χ1v) is 1.75. The first-order chi connectivity index (χ1) is 1.00. The predicted molar refractivity (Wildman–Crippen MR) is 22.4 cm³/mol. The summed E-state index contributed by atoms with van der Waals surface area (Å²) in [5, 5.41) is 0. The monoisotopic (exact) mass is 265 g/mol. The van der Waals surface area contributed by atoms with Crippen molar-refractivity contribution in [2.24, 2.45) is 0 Å². The van der Waals surface area contributed by atoms with E-state index in [2.05, 4.69) is 0 Å². The van der Waals surface area contributed by atoms with E-state index >= 15 is 0 Å². The molecule has 0 aliphatic carbocycles. The molecule has 0 spiro atoms. The Hall–Kier alpha value is 0.924. The van der Waals surface area contributed by atoms with Crippen molar-refractivity contribution in [2.75, 3.05) is 0 Å². The fourth-order valence-corrected chi connectivity index (χ4v) is 0. The summed E-state index contributed by atoms with van der Waals surface area (Å²) in [4.78, 5) is 0. The molecule has 0 aromatic rings. The molecule has 0 aromatic heterocycles. The first-order valence-electron chi connectivity index (χ1n) is 0.236. The summed E-state index contributed by atoms with van der Waals surface area (Å²) in [5.74, 6) is 0. The minimum atomic E-state index is -0.0833. The van der Waals surface area contributed by atoms with Crippen LogP contribution in [0.25, 0.3) is 0 Å². The molecule has 8 heteroatoms. The summed E-state index contributed by atoms with van der Waals surface area (Å²) < 4.78 is 8.42. The number of hydrogen-bond acceptors (Lipinski definition) is 1. The van der Waals surface area contributed by atoms with Gasteiger partial charge in [0.05, 0.1) is 0 Å². The average molecular weight is 265 g/mol. The molecule has 57 valence electrons. The Balaban J connectivity index is -0.000000000333. The van der Waals surface area contributed by atoms with Crippen molar-refractivity contribution >= 4 is 0 Å². The topological polar surface area (TPSA) is 206 Å². The molecule has 0 rings (SSSR count). The van der Waals surface area contributed by atoms with Gasteiger partial charge in [0.25, 0.3) is 0 Å². The van der Waals surface area contributed by atoms with Crippen LogP contribution in [0, 0.1) is 39.3 Å². The summed E-state index contributed by atoms with van der Waals surface area (Å²) in [6.45, 7) is 0. The Morgan fingerprint density at radius 1 is 0.500 bits per heavy atom. The standard InChI is InChI=1S/6H2O.O.Pr/h6*1H2;;. The SMILES string of the molecule is O.O.O.O.O.O.[O]=[Pr]. The average Bonchev–Trinajstić information content (AvgIpc) is 1.00. The Morgan fingerprint density at radius 3 is 0.500 bits per heavy atom. The molecule has 0 bridgehead atoms. The van der Waals surface area contributed by atoms with Crippen LogP contribution in [0.3, 0.4) is 0 Å². The van der Waals surface area contributed by atoms with E-state index in [-0.39, 0.29) is 72.2 Å². The van der Waals surface area contributed by atoms with E-state index in [1.54, 1.807) is 0 Å². The van der Waals surface area contributed by atoms with Gasteiger partial charge in [0.15, 0.2) is 0 Å². The zero-order chi connectivity index (χ0) is 2.00. The Kier molecular flexibility index (Phi) is 8430. The number of rotatable bonds is 0. The predicted octanol–water partition coefficient (Wildman–Crippen LogP) is -5.07. The summed E-state index contributed by atoms with van der Waals surface area (Å²) in [6.07, 6.45) is 0. The van der Waals surface area contributed by atoms with Gasteiger partial charge in [0.1, 0.15) is 0 Å². The van der Waals surface area contributed by atoms with Gasteiger partial charge in [-0.3, -0.25) is 0 Å². The molecule has 0 heterocycles. The van der Waals surface area contributed by atoms with Gasteiger partial charge < -0.3 is 32.9 Å². The van der Waals surface area contributed by atoms with E-state index in [9.17, 15) is 0 Å². The van der Waals surface area contributed by atoms with Crippen molar-refractivity contribution in [2.45, 2.75) is 0 Å². The first kappa shape index (κ1) is 151. The fourth-order valence-electron chi connectivity index (χ4n) is 0. The van der Waals surface area contributed by atoms with E-state index in [4.69, 9.17) is 0.995 Å². The molecule has 0 unspecified atom stereocenters. The van der Waals surface area contributed by atoms with Crippen LogP contribution in [-0.4, -0.2) is 32.9 Å². The van der Waals surface area contributed by atoms with Crippen LogP contribution in [0.2, 0.25) is 0 Å². The van der Waals surface area contributed by atoms with E-state index in [1.165, 1.54) is 0 Å². The Labute approximate surface area is 72.7 Å². The molecule has 0 radical (unpaired) electrons. The van der Waals surface area contributed by atoms with Crippen LogP contribution >= 0.6 is 0 Å². The molecule has 0 saturated carbocycles. The van der Waals surface area contributed by atoms with Crippen LogP contribution in [-0.2, 0) is 0.995 Å². The molecular weight excluding hydrogens is 253 g/mol. The quantitative estimate of drug-likeness (QED) is 0.413. The molecule has 8 heavy (non-hydrogen) atoms. The van der Waals surface area contributed by atoms with Crippen LogP contribution < -0.4 is 0 Å². The Bertz CT molecular complexity index is 4.35. The van der Waals surface area contributed by atoms with Crippen molar-refractivity contribution in [1.82, 2.24) is 0 Å². The second kappa shape index (κ2) is 445. The van der Waals surface area contributed by atoms with Crippen molar-refractivity contribution in [1.29, 1.82) is 0 Å². The second-order valence-corrected chi connectivity index (χ2v) is 0. The van der Waals surface area contributed by atoms with E-state index in [1.807, 2.05) is 0 Å². The van der Waals surface area contributed by atoms with Gasteiger partial charge in [-0.05, 0) is 0 Å². The van der Waals surface area contributed by atoms with Crippen molar-refractivity contribution in [3.05, 3.63) is 0 Å². The van der Waals surface area contributed by atoms with Gasteiger partial charge in [0.2, 0.25) is 0 Å². The number of hydrogen-bond donors (Lipinski definition) is 0. The van der Waals surface area contributed by atoms with E-state index in [0.717, 1.165) is 0 Å². The van der Waals surface area contributed by atoms with Gasteiger partial charge in [-0.2, -0.15) is 0 Å². The van der Waals surface area contributed by atoms with Crippen molar-refractivity contribution in [3.8, 4) is 0 Å². The van der Waals surface area contributed by atoms with Gasteiger partial charge >= 0.3 is 40.3 Å². The molecule has 0 aromatic carbocycles. The molecular formula is H12O7Pr. The Morgan fingerprint density at radius 2 is 0.500 bits per heavy atom. The van der Waals surface area contributed by atoms with Gasteiger partial charge in [-0.1, -0.05) is 0 Å². The third kappa shape index (κ3) is 285. The van der Waals surface area contributed by atoms with Crippen LogP contribution in [0.4, 0.5) is 0 Å². The third-order valence-corrected chi connectivity index (χ3v) is 0. The third-order valence-electron chi connectivity index (χ3n) is 0. The molecule has 0 aliphatic rings. The van der Waals surface area contributed by atoms with Crippen LogP contribution in [0.5, 0.6) is 0 Å². The van der Waals surface area contributed by atoms with E-state index in [0.29, 0.717) is 0 Å². The maximum absolute atomic E-state index is 8.42. The van der Waals surface area contributed by atoms with Crippen molar-refractivity contribution < 1.29 is 73.2 Å². The second-order valence-electron chi connectivity index (χ2n) is 0. The normalized spacial score (nSPS) is 0.750. The molecule has 12 N–H and O–H groups in total. The zero-order valence-electron chi connectivity index (χ0n) is 3.99. The maximum atomic E-state index is 8.42. The minimum absolute atomic E-state index is 0. The van der Waals surface area contributed by atoms with Crippen LogP contribution in [0.1, 0.15) is 0 Å². The van der Waals surface area contributed by atoms with Gasteiger partial charge in [-0.25, -0.2) is 0 Å². The van der Waals surface area contributed by atoms with Crippen molar-refractivity contribution in [3.63, 3.8) is 0 Å². The van der Waals surface area contributed by atoms with Gasteiger partial charge in [-0.15, -0.1) is 0 Å². The summed E-state index contributed by atoms with van der Waals surface area (Å²) in [6, 6.07) is 0. The molecule has 0 fully saturated rings.